The van der Waals surface area contributed by atoms with Crippen molar-refractivity contribution < 1.29 is 0 Å². The predicted molar refractivity (Wildman–Crippen MR) is 288 cm³/mol. The highest BCUT2D eigenvalue weighted by molar-refractivity contribution is 6.23. The molecule has 0 aliphatic heterocycles. The van der Waals surface area contributed by atoms with Crippen molar-refractivity contribution in [3.63, 3.8) is 0 Å². The standard InChI is InChI=1S/C64H76N2/c1-43(2)45-21-31-53(32-22-45)65(55-35-25-49(26-36-55)47-17-13-11-14-18-47)61-57-39-29-52(64(8,9)10)42-60(57)62(58-40-30-51(41-59(58)61)63(5,6)7)66(54-33-23-46(24-34-54)44(3)4)56-37-27-50(28-38-56)48-19-15-12-16-20-48/h21-44,47-48H,11-20H2,1-10H3. The molecule has 2 saturated carbocycles. The van der Waals surface area contributed by atoms with Gasteiger partial charge in [0.25, 0.3) is 0 Å². The molecule has 0 aromatic heterocycles. The smallest absolute Gasteiger partial charge is 0.0620 e. The van der Waals surface area contributed by atoms with Crippen molar-refractivity contribution in [3.05, 3.63) is 167 Å². The Morgan fingerprint density at radius 2 is 0.667 bits per heavy atom. The molecule has 0 unspecified atom stereocenters. The molecule has 0 heterocycles. The zero-order valence-electron chi connectivity index (χ0n) is 42.0. The number of hydrogen-bond acceptors (Lipinski definition) is 2. The number of fused-ring (bicyclic) bond motifs is 2. The molecule has 342 valence electrons. The first-order chi connectivity index (χ1) is 31.7. The number of anilines is 6. The van der Waals surface area contributed by atoms with Gasteiger partial charge in [-0.2, -0.15) is 0 Å². The van der Waals surface area contributed by atoms with E-state index in [9.17, 15) is 0 Å². The molecule has 2 aliphatic carbocycles. The van der Waals surface area contributed by atoms with Gasteiger partial charge >= 0.3 is 0 Å². The summed E-state index contributed by atoms with van der Waals surface area (Å²) < 4.78 is 0. The first-order valence-electron chi connectivity index (χ1n) is 25.7. The van der Waals surface area contributed by atoms with Crippen molar-refractivity contribution in [2.45, 2.75) is 168 Å². The summed E-state index contributed by atoms with van der Waals surface area (Å²) >= 11 is 0. The molecule has 66 heavy (non-hydrogen) atoms. The number of hydrogen-bond donors (Lipinski definition) is 0. The summed E-state index contributed by atoms with van der Waals surface area (Å²) in [5.74, 6) is 2.20. The van der Waals surface area contributed by atoms with E-state index in [2.05, 4.69) is 212 Å². The minimum absolute atomic E-state index is 0.0522. The van der Waals surface area contributed by atoms with Gasteiger partial charge in [-0.05, 0) is 154 Å². The van der Waals surface area contributed by atoms with Crippen molar-refractivity contribution in [2.75, 3.05) is 9.80 Å². The van der Waals surface area contributed by atoms with Crippen molar-refractivity contribution in [1.29, 1.82) is 0 Å². The average Bonchev–Trinajstić information content (AvgIpc) is 3.32. The molecule has 2 aliphatic rings. The molecule has 0 N–H and O–H groups in total. The Morgan fingerprint density at radius 3 is 0.955 bits per heavy atom. The molecular formula is C64H76N2. The van der Waals surface area contributed by atoms with Gasteiger partial charge in [0, 0.05) is 44.3 Å². The van der Waals surface area contributed by atoms with E-state index in [4.69, 9.17) is 0 Å². The lowest BCUT2D eigenvalue weighted by Crippen LogP contribution is -2.17. The molecule has 7 aromatic carbocycles. The van der Waals surface area contributed by atoms with Crippen LogP contribution in [0.3, 0.4) is 0 Å². The third kappa shape index (κ3) is 9.32. The van der Waals surface area contributed by atoms with Gasteiger partial charge < -0.3 is 9.80 Å². The van der Waals surface area contributed by atoms with Crippen LogP contribution in [0.25, 0.3) is 21.5 Å². The number of benzene rings is 7. The molecule has 2 nitrogen and oxygen atoms in total. The quantitative estimate of drug-likeness (QED) is 0.0998. The van der Waals surface area contributed by atoms with Crippen LogP contribution in [-0.4, -0.2) is 0 Å². The summed E-state index contributed by atoms with van der Waals surface area (Å²) in [6.45, 7) is 23.3. The summed E-state index contributed by atoms with van der Waals surface area (Å²) in [7, 11) is 0. The summed E-state index contributed by atoms with van der Waals surface area (Å²) in [6, 6.07) is 53.1. The SMILES string of the molecule is CC(C)c1ccc(N(c2ccc(C3CCCCC3)cc2)c2c3ccc(C(C)(C)C)cc3c(N(c3ccc(C(C)C)cc3)c3ccc(C4CCCCC4)cc3)c3ccc(C(C)(C)C)cc23)cc1. The van der Waals surface area contributed by atoms with E-state index in [1.807, 2.05) is 0 Å². The van der Waals surface area contributed by atoms with Crippen LogP contribution in [0.4, 0.5) is 34.1 Å². The minimum atomic E-state index is -0.0522. The van der Waals surface area contributed by atoms with Crippen LogP contribution >= 0.6 is 0 Å². The van der Waals surface area contributed by atoms with Gasteiger partial charge in [-0.25, -0.2) is 0 Å². The Hall–Kier alpha value is -5.34. The fourth-order valence-electron chi connectivity index (χ4n) is 11.1. The molecule has 2 heteroatoms. The van der Waals surface area contributed by atoms with Crippen LogP contribution in [0, 0.1) is 0 Å². The maximum absolute atomic E-state index is 2.59. The van der Waals surface area contributed by atoms with Crippen LogP contribution < -0.4 is 9.80 Å². The van der Waals surface area contributed by atoms with E-state index >= 15 is 0 Å². The van der Waals surface area contributed by atoms with Crippen molar-refractivity contribution >= 4 is 55.7 Å². The Morgan fingerprint density at radius 1 is 0.364 bits per heavy atom. The maximum atomic E-state index is 2.59. The Bertz CT molecular complexity index is 2550. The fraction of sp³-hybridized carbons (Fsp3) is 0.406. The van der Waals surface area contributed by atoms with Gasteiger partial charge in [-0.3, -0.25) is 0 Å². The summed E-state index contributed by atoms with van der Waals surface area (Å²) in [5, 5.41) is 5.03. The first-order valence-corrected chi connectivity index (χ1v) is 25.7. The Labute approximate surface area is 398 Å². The highest BCUT2D eigenvalue weighted by atomic mass is 15.2. The Balaban J connectivity index is 1.37. The maximum Gasteiger partial charge on any atom is 0.0620 e. The Kier molecular flexibility index (Phi) is 13.0. The van der Waals surface area contributed by atoms with E-state index in [0.717, 1.165) is 0 Å². The first kappa shape index (κ1) is 45.8. The molecule has 0 saturated heterocycles. The van der Waals surface area contributed by atoms with Gasteiger partial charge in [0.1, 0.15) is 0 Å². The van der Waals surface area contributed by atoms with E-state index in [0.29, 0.717) is 23.7 Å². The van der Waals surface area contributed by atoms with Crippen LogP contribution in [0.15, 0.2) is 133 Å². The second-order valence-electron chi connectivity index (χ2n) is 22.7. The molecule has 0 spiro atoms. The number of rotatable bonds is 10. The van der Waals surface area contributed by atoms with Gasteiger partial charge in [0.2, 0.25) is 0 Å². The minimum Gasteiger partial charge on any atom is -0.309 e. The molecule has 7 aromatic rings. The molecule has 0 bridgehead atoms. The van der Waals surface area contributed by atoms with E-state index in [1.54, 1.807) is 0 Å². The second-order valence-corrected chi connectivity index (χ2v) is 22.7. The number of nitrogens with zero attached hydrogens (tertiary/aromatic N) is 2. The van der Waals surface area contributed by atoms with Crippen LogP contribution in [0.5, 0.6) is 0 Å². The highest BCUT2D eigenvalue weighted by Gasteiger charge is 2.29. The lowest BCUT2D eigenvalue weighted by molar-refractivity contribution is 0.443. The molecule has 0 amide bonds. The summed E-state index contributed by atoms with van der Waals surface area (Å²) in [5.41, 5.74) is 15.5. The third-order valence-corrected chi connectivity index (χ3v) is 15.3. The summed E-state index contributed by atoms with van der Waals surface area (Å²) in [6.07, 6.45) is 13.2. The lowest BCUT2D eigenvalue weighted by atomic mass is 9.82. The molecule has 9 rings (SSSR count). The van der Waals surface area contributed by atoms with Crippen LogP contribution in [-0.2, 0) is 10.8 Å². The average molecular weight is 873 g/mol. The predicted octanol–water partition coefficient (Wildman–Crippen LogP) is 19.9. The molecule has 2 fully saturated rings. The van der Waals surface area contributed by atoms with Gasteiger partial charge in [-0.1, -0.05) is 181 Å². The van der Waals surface area contributed by atoms with Crippen molar-refractivity contribution in [2.24, 2.45) is 0 Å². The zero-order chi connectivity index (χ0) is 46.3. The second kappa shape index (κ2) is 18.7. The fourth-order valence-corrected chi connectivity index (χ4v) is 11.1. The highest BCUT2D eigenvalue weighted by Crippen LogP contribution is 2.53. The van der Waals surface area contributed by atoms with E-state index < -0.39 is 0 Å². The molecular weight excluding hydrogens is 797 g/mol. The third-order valence-electron chi connectivity index (χ3n) is 15.3. The molecule has 0 atom stereocenters. The van der Waals surface area contributed by atoms with Crippen molar-refractivity contribution in [1.82, 2.24) is 0 Å². The molecule has 0 radical (unpaired) electrons. The largest absolute Gasteiger partial charge is 0.309 e. The van der Waals surface area contributed by atoms with Gasteiger partial charge in [0.15, 0.2) is 0 Å². The monoisotopic (exact) mass is 873 g/mol. The van der Waals surface area contributed by atoms with Crippen molar-refractivity contribution in [3.8, 4) is 0 Å². The van der Waals surface area contributed by atoms with E-state index in [1.165, 1.54) is 153 Å². The van der Waals surface area contributed by atoms with Gasteiger partial charge in [0.05, 0.1) is 11.4 Å². The van der Waals surface area contributed by atoms with Gasteiger partial charge in [-0.15, -0.1) is 0 Å². The summed E-state index contributed by atoms with van der Waals surface area (Å²) in [4.78, 5) is 5.18. The normalized spacial score (nSPS) is 15.6. The van der Waals surface area contributed by atoms with E-state index in [-0.39, 0.29) is 10.8 Å². The lowest BCUT2D eigenvalue weighted by Gasteiger charge is -2.34. The van der Waals surface area contributed by atoms with Crippen LogP contribution in [0.2, 0.25) is 0 Å². The topological polar surface area (TPSA) is 6.48 Å². The zero-order valence-corrected chi connectivity index (χ0v) is 42.0. The van der Waals surface area contributed by atoms with Crippen LogP contribution in [0.1, 0.15) is 190 Å².